The second kappa shape index (κ2) is 5.54. The zero-order valence-electron chi connectivity index (χ0n) is 7.74. The highest BCUT2D eigenvalue weighted by molar-refractivity contribution is 9.15. The van der Waals surface area contributed by atoms with Crippen LogP contribution in [0.5, 0.6) is 0 Å². The normalized spacial score (nSPS) is 11.1. The minimum atomic E-state index is -0.358. The number of ether oxygens (including phenoxy) is 1. The summed E-state index contributed by atoms with van der Waals surface area (Å²) in [5.41, 5.74) is 0.848. The van der Waals surface area contributed by atoms with Crippen LogP contribution >= 0.6 is 15.9 Å². The zero-order valence-corrected chi connectivity index (χ0v) is 9.32. The maximum absolute atomic E-state index is 11.1. The third kappa shape index (κ3) is 3.30. The van der Waals surface area contributed by atoms with Gasteiger partial charge in [0.05, 0.1) is 6.61 Å². The van der Waals surface area contributed by atoms with Crippen LogP contribution < -0.4 is 0 Å². The summed E-state index contributed by atoms with van der Waals surface area (Å²) < 4.78 is 5.44. The summed E-state index contributed by atoms with van der Waals surface area (Å²) in [4.78, 5) is 15.0. The van der Waals surface area contributed by atoms with Gasteiger partial charge in [-0.3, -0.25) is 4.98 Å². The smallest absolute Gasteiger partial charge is 0.331 e. The molecule has 14 heavy (non-hydrogen) atoms. The zero-order chi connectivity index (χ0) is 10.4. The fraction of sp³-hybridized carbons (Fsp3) is 0.200. The predicted octanol–water partition coefficient (Wildman–Crippen LogP) is 2.38. The minimum absolute atomic E-state index is 0.358. The second-order valence-corrected chi connectivity index (χ2v) is 3.34. The van der Waals surface area contributed by atoms with Crippen molar-refractivity contribution < 1.29 is 9.53 Å². The summed E-state index contributed by atoms with van der Waals surface area (Å²) in [7, 11) is 0. The molecule has 0 saturated carbocycles. The van der Waals surface area contributed by atoms with E-state index in [4.69, 9.17) is 4.74 Å². The maximum atomic E-state index is 11.1. The van der Waals surface area contributed by atoms with Crippen LogP contribution in [0, 0.1) is 0 Å². The standard InChI is InChI=1S/C10H10BrNO2/c1-2-14-10(13)6-9(11)8-4-3-5-12-7-8/h3-7H,2H2,1H3/b9-6+. The van der Waals surface area contributed by atoms with Gasteiger partial charge in [-0.05, 0) is 28.9 Å². The molecule has 0 saturated heterocycles. The Bertz CT molecular complexity index is 335. The SMILES string of the molecule is CCOC(=O)/C=C(/Br)c1cccnc1. The third-order valence-corrected chi connectivity index (χ3v) is 2.16. The lowest BCUT2D eigenvalue weighted by Gasteiger charge is -1.99. The first-order chi connectivity index (χ1) is 6.74. The number of esters is 1. The van der Waals surface area contributed by atoms with Crippen molar-refractivity contribution in [2.45, 2.75) is 6.92 Å². The summed E-state index contributed by atoms with van der Waals surface area (Å²) in [5, 5.41) is 0. The van der Waals surface area contributed by atoms with Gasteiger partial charge in [0.1, 0.15) is 0 Å². The van der Waals surface area contributed by atoms with E-state index in [1.54, 1.807) is 25.4 Å². The van der Waals surface area contributed by atoms with E-state index in [9.17, 15) is 4.79 Å². The first kappa shape index (κ1) is 10.9. The molecular weight excluding hydrogens is 246 g/mol. The quantitative estimate of drug-likeness (QED) is 0.615. The number of nitrogens with zero attached hydrogens (tertiary/aromatic N) is 1. The van der Waals surface area contributed by atoms with Crippen molar-refractivity contribution >= 4 is 26.4 Å². The Morgan fingerprint density at radius 1 is 1.71 bits per heavy atom. The molecule has 0 amide bonds. The summed E-state index contributed by atoms with van der Waals surface area (Å²) in [6, 6.07) is 3.66. The first-order valence-corrected chi connectivity index (χ1v) is 4.97. The molecule has 0 spiro atoms. The molecule has 0 radical (unpaired) electrons. The highest BCUT2D eigenvalue weighted by Crippen LogP contribution is 2.19. The van der Waals surface area contributed by atoms with Crippen molar-refractivity contribution in [1.82, 2.24) is 4.98 Å². The van der Waals surface area contributed by atoms with Crippen LogP contribution in [0.1, 0.15) is 12.5 Å². The van der Waals surface area contributed by atoms with E-state index < -0.39 is 0 Å². The fourth-order valence-electron chi connectivity index (χ4n) is 0.875. The summed E-state index contributed by atoms with van der Waals surface area (Å²) >= 11 is 3.28. The van der Waals surface area contributed by atoms with Gasteiger partial charge in [-0.25, -0.2) is 4.79 Å². The van der Waals surface area contributed by atoms with Crippen molar-refractivity contribution in [2.75, 3.05) is 6.61 Å². The third-order valence-electron chi connectivity index (χ3n) is 1.47. The van der Waals surface area contributed by atoms with Crippen LogP contribution in [0.25, 0.3) is 4.48 Å². The van der Waals surface area contributed by atoms with Crippen molar-refractivity contribution in [1.29, 1.82) is 0 Å². The van der Waals surface area contributed by atoms with E-state index in [1.807, 2.05) is 6.07 Å². The molecule has 3 nitrogen and oxygen atoms in total. The Hall–Kier alpha value is -1.16. The van der Waals surface area contributed by atoms with Gasteiger partial charge in [-0.1, -0.05) is 6.07 Å². The van der Waals surface area contributed by atoms with E-state index in [2.05, 4.69) is 20.9 Å². The molecule has 0 aliphatic heterocycles. The van der Waals surface area contributed by atoms with Crippen molar-refractivity contribution in [2.24, 2.45) is 0 Å². The van der Waals surface area contributed by atoms with Crippen LogP contribution in [0.15, 0.2) is 30.6 Å². The number of hydrogen-bond acceptors (Lipinski definition) is 3. The molecule has 0 bridgehead atoms. The molecule has 1 rings (SSSR count). The molecule has 1 heterocycles. The van der Waals surface area contributed by atoms with E-state index in [-0.39, 0.29) is 5.97 Å². The van der Waals surface area contributed by atoms with Crippen LogP contribution in [0.3, 0.4) is 0 Å². The molecular formula is C10H10BrNO2. The van der Waals surface area contributed by atoms with Crippen LogP contribution in [-0.4, -0.2) is 17.6 Å². The van der Waals surface area contributed by atoms with Crippen molar-refractivity contribution in [3.8, 4) is 0 Å². The second-order valence-electron chi connectivity index (χ2n) is 2.49. The lowest BCUT2D eigenvalue weighted by molar-refractivity contribution is -0.137. The average Bonchev–Trinajstić information content (AvgIpc) is 2.19. The average molecular weight is 256 g/mol. The van der Waals surface area contributed by atoms with Gasteiger partial charge in [0.2, 0.25) is 0 Å². The van der Waals surface area contributed by atoms with Crippen LogP contribution in [0.2, 0.25) is 0 Å². The highest BCUT2D eigenvalue weighted by atomic mass is 79.9. The lowest BCUT2D eigenvalue weighted by atomic mass is 10.2. The van der Waals surface area contributed by atoms with Gasteiger partial charge in [0.25, 0.3) is 0 Å². The summed E-state index contributed by atoms with van der Waals surface area (Å²) in [5.74, 6) is -0.358. The van der Waals surface area contributed by atoms with Crippen molar-refractivity contribution in [3.05, 3.63) is 36.2 Å². The molecule has 0 aliphatic carbocycles. The van der Waals surface area contributed by atoms with E-state index in [1.165, 1.54) is 6.08 Å². The number of rotatable bonds is 3. The Morgan fingerprint density at radius 2 is 2.50 bits per heavy atom. The largest absolute Gasteiger partial charge is 0.463 e. The molecule has 1 aromatic heterocycles. The van der Waals surface area contributed by atoms with Gasteiger partial charge in [-0.2, -0.15) is 0 Å². The van der Waals surface area contributed by atoms with Gasteiger partial charge in [0.15, 0.2) is 0 Å². The molecule has 4 heteroatoms. The van der Waals surface area contributed by atoms with Gasteiger partial charge >= 0.3 is 5.97 Å². The highest BCUT2D eigenvalue weighted by Gasteiger charge is 2.01. The molecule has 0 N–H and O–H groups in total. The minimum Gasteiger partial charge on any atom is -0.463 e. The van der Waals surface area contributed by atoms with Gasteiger partial charge in [0, 0.05) is 28.5 Å². The fourth-order valence-corrected chi connectivity index (χ4v) is 1.30. The molecule has 1 aromatic rings. The van der Waals surface area contributed by atoms with Crippen molar-refractivity contribution in [3.63, 3.8) is 0 Å². The number of halogens is 1. The summed E-state index contributed by atoms with van der Waals surface area (Å²) in [6.07, 6.45) is 4.73. The van der Waals surface area contributed by atoms with Gasteiger partial charge < -0.3 is 4.74 Å². The predicted molar refractivity (Wildman–Crippen MR) is 57.8 cm³/mol. The van der Waals surface area contributed by atoms with E-state index in [0.717, 1.165) is 5.56 Å². The molecule has 0 atom stereocenters. The Balaban J connectivity index is 2.75. The Labute approximate surface area is 90.9 Å². The number of hydrogen-bond donors (Lipinski definition) is 0. The number of carbonyl (C=O) groups is 1. The van der Waals surface area contributed by atoms with E-state index >= 15 is 0 Å². The first-order valence-electron chi connectivity index (χ1n) is 4.18. The van der Waals surface area contributed by atoms with Gasteiger partial charge in [-0.15, -0.1) is 0 Å². The molecule has 0 unspecified atom stereocenters. The Kier molecular flexibility index (Phi) is 4.32. The van der Waals surface area contributed by atoms with Crippen LogP contribution in [0.4, 0.5) is 0 Å². The maximum Gasteiger partial charge on any atom is 0.331 e. The monoisotopic (exact) mass is 255 g/mol. The summed E-state index contributed by atoms with van der Waals surface area (Å²) in [6.45, 7) is 2.15. The molecule has 0 fully saturated rings. The lowest BCUT2D eigenvalue weighted by Crippen LogP contribution is -1.99. The number of carbonyl (C=O) groups excluding carboxylic acids is 1. The number of aromatic nitrogens is 1. The number of pyridine rings is 1. The van der Waals surface area contributed by atoms with Crippen LogP contribution in [-0.2, 0) is 9.53 Å². The van der Waals surface area contributed by atoms with E-state index in [0.29, 0.717) is 11.1 Å². The topological polar surface area (TPSA) is 39.2 Å². The molecule has 0 aliphatic rings. The molecule has 74 valence electrons. The Morgan fingerprint density at radius 3 is 3.07 bits per heavy atom. The molecule has 0 aromatic carbocycles.